The molecule has 5 nitrogen and oxygen atoms in total. The quantitative estimate of drug-likeness (QED) is 0.935. The zero-order valence-electron chi connectivity index (χ0n) is 14.1. The van der Waals surface area contributed by atoms with Crippen molar-refractivity contribution in [1.82, 2.24) is 20.3 Å². The summed E-state index contributed by atoms with van der Waals surface area (Å²) < 4.78 is 15.4. The third-order valence-corrected chi connectivity index (χ3v) is 4.92. The van der Waals surface area contributed by atoms with Gasteiger partial charge >= 0.3 is 0 Å². The molecule has 0 spiro atoms. The van der Waals surface area contributed by atoms with E-state index in [0.717, 1.165) is 19.3 Å². The SMILES string of the molecule is CC1CCCCC1NC(=O)c1cn(C(C)c2ccccc2F)nn1. The molecule has 1 aromatic carbocycles. The van der Waals surface area contributed by atoms with Gasteiger partial charge in [0.15, 0.2) is 5.69 Å². The molecule has 1 N–H and O–H groups in total. The van der Waals surface area contributed by atoms with Gasteiger partial charge in [0.1, 0.15) is 5.82 Å². The molecule has 2 aromatic rings. The van der Waals surface area contributed by atoms with Crippen LogP contribution < -0.4 is 5.32 Å². The highest BCUT2D eigenvalue weighted by molar-refractivity contribution is 5.92. The fraction of sp³-hybridized carbons (Fsp3) is 0.500. The van der Waals surface area contributed by atoms with Crippen LogP contribution >= 0.6 is 0 Å². The van der Waals surface area contributed by atoms with Gasteiger partial charge in [0, 0.05) is 11.6 Å². The molecule has 1 amide bonds. The van der Waals surface area contributed by atoms with E-state index in [4.69, 9.17) is 0 Å². The maximum atomic E-state index is 13.9. The molecule has 1 saturated carbocycles. The number of aromatic nitrogens is 3. The number of amides is 1. The Morgan fingerprint density at radius 1 is 1.33 bits per heavy atom. The average molecular weight is 330 g/mol. The number of nitrogens with zero attached hydrogens (tertiary/aromatic N) is 3. The fourth-order valence-corrected chi connectivity index (χ4v) is 3.30. The van der Waals surface area contributed by atoms with Crippen LogP contribution in [0.3, 0.4) is 0 Å². The molecular weight excluding hydrogens is 307 g/mol. The highest BCUT2D eigenvalue weighted by atomic mass is 19.1. The lowest BCUT2D eigenvalue weighted by Crippen LogP contribution is -2.41. The van der Waals surface area contributed by atoms with Crippen LogP contribution in [0.25, 0.3) is 0 Å². The van der Waals surface area contributed by atoms with Crippen molar-refractivity contribution in [2.24, 2.45) is 5.92 Å². The molecule has 3 rings (SSSR count). The number of hydrogen-bond acceptors (Lipinski definition) is 3. The van der Waals surface area contributed by atoms with Gasteiger partial charge in [-0.2, -0.15) is 0 Å². The monoisotopic (exact) mass is 330 g/mol. The summed E-state index contributed by atoms with van der Waals surface area (Å²) in [6, 6.07) is 6.43. The fourth-order valence-electron chi connectivity index (χ4n) is 3.30. The summed E-state index contributed by atoms with van der Waals surface area (Å²) in [5.74, 6) is -0.0154. The lowest BCUT2D eigenvalue weighted by Gasteiger charge is -2.29. The first-order valence-corrected chi connectivity index (χ1v) is 8.53. The third kappa shape index (κ3) is 3.47. The second-order valence-corrected chi connectivity index (χ2v) is 6.62. The minimum atomic E-state index is -0.325. The van der Waals surface area contributed by atoms with Crippen molar-refractivity contribution in [2.45, 2.75) is 51.6 Å². The van der Waals surface area contributed by atoms with E-state index in [1.807, 2.05) is 6.92 Å². The molecule has 3 unspecified atom stereocenters. The molecule has 1 aliphatic carbocycles. The number of hydrogen-bond donors (Lipinski definition) is 1. The molecule has 1 fully saturated rings. The van der Waals surface area contributed by atoms with E-state index in [1.54, 1.807) is 24.4 Å². The first-order chi connectivity index (χ1) is 11.6. The third-order valence-electron chi connectivity index (χ3n) is 4.92. The zero-order valence-corrected chi connectivity index (χ0v) is 14.1. The van der Waals surface area contributed by atoms with E-state index in [0.29, 0.717) is 11.5 Å². The molecule has 1 aliphatic rings. The highest BCUT2D eigenvalue weighted by Crippen LogP contribution is 2.24. The average Bonchev–Trinajstić information content (AvgIpc) is 3.07. The second kappa shape index (κ2) is 7.11. The summed E-state index contributed by atoms with van der Waals surface area (Å²) in [7, 11) is 0. The number of rotatable bonds is 4. The first kappa shape index (κ1) is 16.6. The lowest BCUT2D eigenvalue weighted by atomic mass is 9.86. The summed E-state index contributed by atoms with van der Waals surface area (Å²) in [6.45, 7) is 4.00. The van der Waals surface area contributed by atoms with Gasteiger partial charge in [-0.15, -0.1) is 5.10 Å². The second-order valence-electron chi connectivity index (χ2n) is 6.62. The summed E-state index contributed by atoms with van der Waals surface area (Å²) in [5.41, 5.74) is 0.797. The normalized spacial score (nSPS) is 22.1. The van der Waals surface area contributed by atoms with Gasteiger partial charge in [-0.05, 0) is 31.7 Å². The van der Waals surface area contributed by atoms with Crippen molar-refractivity contribution in [2.75, 3.05) is 0 Å². The number of benzene rings is 1. The van der Waals surface area contributed by atoms with E-state index in [9.17, 15) is 9.18 Å². The number of nitrogens with one attached hydrogen (secondary N) is 1. The smallest absolute Gasteiger partial charge is 0.273 e. The maximum Gasteiger partial charge on any atom is 0.273 e. The van der Waals surface area contributed by atoms with Crippen LogP contribution in [0, 0.1) is 11.7 Å². The van der Waals surface area contributed by atoms with E-state index < -0.39 is 0 Å². The van der Waals surface area contributed by atoms with Crippen LogP contribution in [0.15, 0.2) is 30.5 Å². The van der Waals surface area contributed by atoms with Gasteiger partial charge < -0.3 is 5.32 Å². The predicted octanol–water partition coefficient (Wildman–Crippen LogP) is 3.34. The zero-order chi connectivity index (χ0) is 17.1. The van der Waals surface area contributed by atoms with E-state index in [2.05, 4.69) is 22.6 Å². The summed E-state index contributed by atoms with van der Waals surface area (Å²) in [4.78, 5) is 12.4. The minimum absolute atomic E-state index is 0.195. The Hall–Kier alpha value is -2.24. The topological polar surface area (TPSA) is 59.8 Å². The minimum Gasteiger partial charge on any atom is -0.348 e. The van der Waals surface area contributed by atoms with Gasteiger partial charge in [-0.25, -0.2) is 9.07 Å². The van der Waals surface area contributed by atoms with Crippen molar-refractivity contribution in [1.29, 1.82) is 0 Å². The molecule has 24 heavy (non-hydrogen) atoms. The number of carbonyl (C=O) groups excluding carboxylic acids is 1. The van der Waals surface area contributed by atoms with Crippen LogP contribution in [0.2, 0.25) is 0 Å². The molecule has 0 aliphatic heterocycles. The van der Waals surface area contributed by atoms with Crippen molar-refractivity contribution in [3.8, 4) is 0 Å². The maximum absolute atomic E-state index is 13.9. The summed E-state index contributed by atoms with van der Waals surface area (Å²) in [5, 5.41) is 11.0. The van der Waals surface area contributed by atoms with E-state index >= 15 is 0 Å². The predicted molar refractivity (Wildman–Crippen MR) is 89.1 cm³/mol. The van der Waals surface area contributed by atoms with E-state index in [-0.39, 0.29) is 29.5 Å². The Balaban J connectivity index is 1.71. The Labute approximate surface area is 141 Å². The Bertz CT molecular complexity index is 715. The lowest BCUT2D eigenvalue weighted by molar-refractivity contribution is 0.0905. The largest absolute Gasteiger partial charge is 0.348 e. The van der Waals surface area contributed by atoms with E-state index in [1.165, 1.54) is 17.2 Å². The molecule has 0 bridgehead atoms. The summed E-state index contributed by atoms with van der Waals surface area (Å²) >= 11 is 0. The molecule has 0 saturated heterocycles. The highest BCUT2D eigenvalue weighted by Gasteiger charge is 2.24. The molecule has 1 aromatic heterocycles. The van der Waals surface area contributed by atoms with Crippen molar-refractivity contribution in [3.05, 3.63) is 47.5 Å². The van der Waals surface area contributed by atoms with Gasteiger partial charge in [0.05, 0.1) is 12.2 Å². The molecule has 0 radical (unpaired) electrons. The Kier molecular flexibility index (Phi) is 4.92. The van der Waals surface area contributed by atoms with Gasteiger partial charge in [-0.1, -0.05) is 43.2 Å². The standard InChI is InChI=1S/C18H23FN4O/c1-12-7-3-6-10-16(12)20-18(24)17-11-23(22-21-17)13(2)14-8-4-5-9-15(14)19/h4-5,8-9,11-13,16H,3,6-7,10H2,1-2H3,(H,20,24). The van der Waals surface area contributed by atoms with Crippen LogP contribution in [0.4, 0.5) is 4.39 Å². The Morgan fingerprint density at radius 2 is 2.08 bits per heavy atom. The van der Waals surface area contributed by atoms with Crippen LogP contribution in [0.5, 0.6) is 0 Å². The molecular formula is C18H23FN4O. The van der Waals surface area contributed by atoms with Gasteiger partial charge in [0.25, 0.3) is 5.91 Å². The van der Waals surface area contributed by atoms with Crippen molar-refractivity contribution >= 4 is 5.91 Å². The van der Waals surface area contributed by atoms with Crippen LogP contribution in [0.1, 0.15) is 61.6 Å². The van der Waals surface area contributed by atoms with Crippen LogP contribution in [-0.2, 0) is 0 Å². The molecule has 6 heteroatoms. The van der Waals surface area contributed by atoms with Gasteiger partial charge in [-0.3, -0.25) is 4.79 Å². The molecule has 128 valence electrons. The number of halogens is 1. The summed E-state index contributed by atoms with van der Waals surface area (Å²) in [6.07, 6.45) is 6.10. The molecule has 1 heterocycles. The van der Waals surface area contributed by atoms with Gasteiger partial charge in [0.2, 0.25) is 0 Å². The number of carbonyl (C=O) groups is 1. The van der Waals surface area contributed by atoms with Crippen molar-refractivity contribution in [3.63, 3.8) is 0 Å². The molecule has 3 atom stereocenters. The Morgan fingerprint density at radius 3 is 2.83 bits per heavy atom. The van der Waals surface area contributed by atoms with Crippen LogP contribution in [-0.4, -0.2) is 26.9 Å². The van der Waals surface area contributed by atoms with Crippen molar-refractivity contribution < 1.29 is 9.18 Å². The first-order valence-electron chi connectivity index (χ1n) is 8.53.